The molecule has 11 heteroatoms. The lowest BCUT2D eigenvalue weighted by molar-refractivity contribution is -0.134. The van der Waals surface area contributed by atoms with Gasteiger partial charge in [-0.2, -0.15) is 5.10 Å². The van der Waals surface area contributed by atoms with Gasteiger partial charge < -0.3 is 20.5 Å². The summed E-state index contributed by atoms with van der Waals surface area (Å²) in [6, 6.07) is 7.78. The molecule has 2 aliphatic rings. The molecule has 1 unspecified atom stereocenters. The summed E-state index contributed by atoms with van der Waals surface area (Å²) < 4.78 is 1.79. The number of carbonyl (C=O) groups is 2. The topological polar surface area (TPSA) is 124 Å². The van der Waals surface area contributed by atoms with Crippen molar-refractivity contribution in [3.05, 3.63) is 60.1 Å². The first-order valence-corrected chi connectivity index (χ1v) is 14.0. The Bertz CT molecular complexity index is 1620. The molecule has 5 heterocycles. The number of fused-ring (bicyclic) bond motifs is 1. The zero-order valence-electron chi connectivity index (χ0n) is 23.6. The zero-order valence-corrected chi connectivity index (χ0v) is 23.6. The molecular weight excluding hydrogens is 518 g/mol. The number of hydrogen-bond donors (Lipinski definition) is 3. The minimum Gasteiger partial charge on any atom is -0.359 e. The summed E-state index contributed by atoms with van der Waals surface area (Å²) in [5.41, 5.74) is 5.21. The number of nitrogens with one attached hydrogen (secondary N) is 3. The number of hydrogen-bond acceptors (Lipinski definition) is 7. The third-order valence-corrected chi connectivity index (χ3v) is 7.93. The van der Waals surface area contributed by atoms with Gasteiger partial charge in [0.2, 0.25) is 17.8 Å². The molecule has 1 fully saturated rings. The summed E-state index contributed by atoms with van der Waals surface area (Å²) >= 11 is 0. The number of aryl methyl sites for hydroxylation is 3. The van der Waals surface area contributed by atoms with Gasteiger partial charge in [-0.25, -0.2) is 9.97 Å². The number of amides is 2. The molecule has 0 bridgehead atoms. The molecule has 1 aromatic carbocycles. The van der Waals surface area contributed by atoms with Crippen molar-refractivity contribution >= 4 is 40.2 Å². The van der Waals surface area contributed by atoms with E-state index in [0.29, 0.717) is 30.5 Å². The maximum absolute atomic E-state index is 13.1. The fourth-order valence-corrected chi connectivity index (χ4v) is 5.64. The molecule has 3 aromatic heterocycles. The maximum Gasteiger partial charge on any atom is 0.238 e. The van der Waals surface area contributed by atoms with Gasteiger partial charge in [0.25, 0.3) is 0 Å². The zero-order chi connectivity index (χ0) is 28.5. The minimum absolute atomic E-state index is 0.0409. The smallest absolute Gasteiger partial charge is 0.238 e. The van der Waals surface area contributed by atoms with E-state index >= 15 is 0 Å². The Kier molecular flexibility index (Phi) is 7.27. The molecule has 3 N–H and O–H groups in total. The summed E-state index contributed by atoms with van der Waals surface area (Å²) in [7, 11) is 1.89. The van der Waals surface area contributed by atoms with Gasteiger partial charge in [0.1, 0.15) is 0 Å². The molecule has 41 heavy (non-hydrogen) atoms. The van der Waals surface area contributed by atoms with Crippen LogP contribution in [0.25, 0.3) is 22.2 Å². The Hall–Kier alpha value is -4.51. The number of benzene rings is 1. The minimum atomic E-state index is -0.0991. The highest BCUT2D eigenvalue weighted by Gasteiger charge is 2.32. The van der Waals surface area contributed by atoms with Crippen LogP contribution in [0.15, 0.2) is 48.8 Å². The van der Waals surface area contributed by atoms with Crippen LogP contribution in [0.1, 0.15) is 24.1 Å². The molecule has 11 nitrogen and oxygen atoms in total. The molecule has 0 aliphatic carbocycles. The molecule has 6 rings (SSSR count). The normalized spacial score (nSPS) is 17.3. The van der Waals surface area contributed by atoms with Crippen molar-refractivity contribution < 1.29 is 9.59 Å². The van der Waals surface area contributed by atoms with Crippen LogP contribution in [-0.4, -0.2) is 79.1 Å². The van der Waals surface area contributed by atoms with Crippen molar-refractivity contribution in [3.8, 4) is 11.3 Å². The van der Waals surface area contributed by atoms with Gasteiger partial charge >= 0.3 is 0 Å². The summed E-state index contributed by atoms with van der Waals surface area (Å²) in [4.78, 5) is 42.5. The highest BCUT2D eigenvalue weighted by atomic mass is 16.2. The van der Waals surface area contributed by atoms with Crippen molar-refractivity contribution in [3.63, 3.8) is 0 Å². The molecular formula is C30H35N9O2. The van der Waals surface area contributed by atoms with Crippen LogP contribution >= 0.6 is 0 Å². The molecule has 0 spiro atoms. The van der Waals surface area contributed by atoms with Crippen molar-refractivity contribution in [2.45, 2.75) is 26.7 Å². The Labute approximate surface area is 238 Å². The van der Waals surface area contributed by atoms with Crippen LogP contribution in [0, 0.1) is 19.8 Å². The third-order valence-electron chi connectivity index (χ3n) is 7.93. The summed E-state index contributed by atoms with van der Waals surface area (Å²) in [6.07, 6.45) is 9.58. The second-order valence-electron chi connectivity index (χ2n) is 10.9. The van der Waals surface area contributed by atoms with E-state index in [1.54, 1.807) is 10.9 Å². The molecule has 4 aromatic rings. The number of H-pyrrole nitrogens is 1. The van der Waals surface area contributed by atoms with E-state index in [1.165, 1.54) is 0 Å². The molecule has 1 saturated heterocycles. The molecule has 212 valence electrons. The van der Waals surface area contributed by atoms with E-state index in [-0.39, 0.29) is 24.3 Å². The number of para-hydroxylation sites is 1. The Morgan fingerprint density at radius 2 is 2.05 bits per heavy atom. The van der Waals surface area contributed by atoms with Crippen molar-refractivity contribution in [2.75, 3.05) is 43.4 Å². The predicted molar refractivity (Wildman–Crippen MR) is 159 cm³/mol. The number of anilines is 3. The van der Waals surface area contributed by atoms with E-state index in [4.69, 9.17) is 4.98 Å². The number of likely N-dealkylation sites (tertiary alicyclic amines) is 1. The van der Waals surface area contributed by atoms with Crippen LogP contribution in [-0.2, 0) is 16.6 Å². The number of nitrogens with zero attached hydrogens (tertiary/aromatic N) is 6. The van der Waals surface area contributed by atoms with Crippen molar-refractivity contribution in [1.82, 2.24) is 34.5 Å². The lowest BCUT2D eigenvalue weighted by Gasteiger charge is -2.26. The molecule has 1 atom stereocenters. The number of rotatable bonds is 7. The average molecular weight is 554 g/mol. The molecule has 0 radical (unpaired) electrons. The van der Waals surface area contributed by atoms with Crippen LogP contribution in [0.4, 0.5) is 17.5 Å². The van der Waals surface area contributed by atoms with Gasteiger partial charge in [0, 0.05) is 61.8 Å². The molecule has 2 amide bonds. The first-order chi connectivity index (χ1) is 19.9. The predicted octanol–water partition coefficient (Wildman–Crippen LogP) is 3.77. The molecule has 2 aliphatic heterocycles. The fourth-order valence-electron chi connectivity index (χ4n) is 5.64. The van der Waals surface area contributed by atoms with E-state index in [1.807, 2.05) is 56.3 Å². The average Bonchev–Trinajstić information content (AvgIpc) is 3.69. The highest BCUT2D eigenvalue weighted by Crippen LogP contribution is 2.33. The Morgan fingerprint density at radius 1 is 1.17 bits per heavy atom. The van der Waals surface area contributed by atoms with E-state index in [2.05, 4.69) is 42.8 Å². The largest absolute Gasteiger partial charge is 0.359 e. The van der Waals surface area contributed by atoms with Crippen LogP contribution < -0.4 is 10.6 Å². The van der Waals surface area contributed by atoms with E-state index in [0.717, 1.165) is 59.3 Å². The van der Waals surface area contributed by atoms with E-state index in [9.17, 15) is 9.59 Å². The molecule has 0 saturated carbocycles. The van der Waals surface area contributed by atoms with Crippen molar-refractivity contribution in [1.29, 1.82) is 0 Å². The lowest BCUT2D eigenvalue weighted by atomic mass is 10.1. The monoisotopic (exact) mass is 553 g/mol. The first kappa shape index (κ1) is 26.7. The highest BCUT2D eigenvalue weighted by molar-refractivity contribution is 6.06. The van der Waals surface area contributed by atoms with Crippen molar-refractivity contribution in [2.24, 2.45) is 13.0 Å². The summed E-state index contributed by atoms with van der Waals surface area (Å²) in [5.74, 6) is 1.20. The number of carbonyl (C=O) groups excluding carboxylic acids is 2. The van der Waals surface area contributed by atoms with Gasteiger partial charge in [-0.1, -0.05) is 24.3 Å². The summed E-state index contributed by atoms with van der Waals surface area (Å²) in [6.45, 7) is 7.04. The van der Waals surface area contributed by atoms with Gasteiger partial charge in [-0.15, -0.1) is 0 Å². The first-order valence-electron chi connectivity index (χ1n) is 14.0. The van der Waals surface area contributed by atoms with Crippen LogP contribution in [0.2, 0.25) is 0 Å². The second-order valence-corrected chi connectivity index (χ2v) is 10.9. The Morgan fingerprint density at radius 3 is 2.83 bits per heavy atom. The lowest BCUT2D eigenvalue weighted by Crippen LogP contribution is -2.40. The third kappa shape index (κ3) is 5.58. The second kappa shape index (κ2) is 11.2. The SMILES string of the molecule is Cc1cnc(Nc2cc(C)n(C)n2)nc1-c1c[nH]c2c(NC(=O)CN3CCC(C(=O)N4CC=CCC4)C3)cccc12. The van der Waals surface area contributed by atoms with Crippen LogP contribution in [0.3, 0.4) is 0 Å². The number of aromatic nitrogens is 5. The Balaban J connectivity index is 1.14. The fraction of sp³-hybridized carbons (Fsp3) is 0.367. The maximum atomic E-state index is 13.1. The quantitative estimate of drug-likeness (QED) is 0.298. The van der Waals surface area contributed by atoms with E-state index < -0.39 is 0 Å². The van der Waals surface area contributed by atoms with Crippen LogP contribution in [0.5, 0.6) is 0 Å². The van der Waals surface area contributed by atoms with Gasteiger partial charge in [-0.05, 0) is 44.9 Å². The number of aromatic amines is 1. The van der Waals surface area contributed by atoms with Gasteiger partial charge in [-0.3, -0.25) is 19.2 Å². The standard InChI is InChI=1S/C30H35N9O2/c1-19-15-32-30(34-25-14-20(2)37(3)36-25)35-27(19)23-16-31-28-22(23)8-7-9-24(28)33-26(40)18-38-13-10-21(17-38)29(41)39-11-5-4-6-12-39/h4-5,7-9,14-16,21,31H,6,10-13,17-18H2,1-3H3,(H,33,40)(H,32,34,35,36). The van der Waals surface area contributed by atoms with Gasteiger partial charge in [0.15, 0.2) is 5.82 Å². The summed E-state index contributed by atoms with van der Waals surface area (Å²) in [5, 5.41) is 11.7. The van der Waals surface area contributed by atoms with Gasteiger partial charge in [0.05, 0.1) is 29.4 Å².